The van der Waals surface area contributed by atoms with Crippen molar-refractivity contribution in [2.45, 2.75) is 52.2 Å². The van der Waals surface area contributed by atoms with E-state index in [0.717, 1.165) is 5.56 Å². The van der Waals surface area contributed by atoms with Gasteiger partial charge in [-0.2, -0.15) is 9.37 Å². The van der Waals surface area contributed by atoms with Gasteiger partial charge in [0, 0.05) is 0 Å². The number of halogens is 3. The molecule has 0 amide bonds. The lowest BCUT2D eigenvalue weighted by Gasteiger charge is -2.40. The van der Waals surface area contributed by atoms with E-state index in [4.69, 9.17) is 32.7 Å². The number of aromatic nitrogens is 1. The zero-order chi connectivity index (χ0) is 22.4. The smallest absolute Gasteiger partial charge is 0.240 e. The fourth-order valence-corrected chi connectivity index (χ4v) is 3.86. The van der Waals surface area contributed by atoms with Crippen LogP contribution in [0.25, 0.3) is 5.57 Å². The maximum atomic E-state index is 13.7. The predicted octanol–water partition coefficient (Wildman–Crippen LogP) is 6.31. The van der Waals surface area contributed by atoms with Gasteiger partial charge in [0.2, 0.25) is 11.8 Å². The highest BCUT2D eigenvalue weighted by atomic mass is 35.5. The average molecular weight is 454 g/mol. The Bertz CT molecular complexity index is 1060. The van der Waals surface area contributed by atoms with Gasteiger partial charge in [-0.3, -0.25) is 4.79 Å². The molecule has 0 aliphatic carbocycles. The molecule has 1 aliphatic rings. The van der Waals surface area contributed by atoms with Crippen LogP contribution in [0.5, 0.6) is 11.6 Å². The number of carbonyl (C=O) groups excluding carboxylic acids is 1. The van der Waals surface area contributed by atoms with Gasteiger partial charge in [0.05, 0.1) is 10.6 Å². The molecule has 5 nitrogen and oxygen atoms in total. The molecule has 2 heterocycles. The number of nitrogens with zero attached hydrogens (tertiary/aromatic N) is 1. The van der Waals surface area contributed by atoms with Crippen LogP contribution >= 0.6 is 23.2 Å². The second-order valence-electron chi connectivity index (χ2n) is 8.00. The molecule has 0 fully saturated rings. The standard InChI is InChI=1S/C22H22Cl2FNO4/c1-6-11-7-8-12(29-20-15(24)10-14(23)19(25)26-20)9-13(11)16-17(27)21(2,3)30-22(4,5)18(16)28/h7-10,27H,6H2,1-5H3. The number of ether oxygens (including phenoxy) is 2. The summed E-state index contributed by atoms with van der Waals surface area (Å²) in [6.07, 6.45) is 0.607. The lowest BCUT2D eigenvalue weighted by Crippen LogP contribution is -2.49. The summed E-state index contributed by atoms with van der Waals surface area (Å²) in [5.74, 6) is -1.31. The van der Waals surface area contributed by atoms with Crippen molar-refractivity contribution in [3.63, 3.8) is 0 Å². The zero-order valence-corrected chi connectivity index (χ0v) is 18.8. The third-order valence-corrected chi connectivity index (χ3v) is 5.43. The highest BCUT2D eigenvalue weighted by molar-refractivity contribution is 6.35. The Kier molecular flexibility index (Phi) is 5.89. The van der Waals surface area contributed by atoms with E-state index < -0.39 is 17.1 Å². The van der Waals surface area contributed by atoms with Gasteiger partial charge in [-0.25, -0.2) is 0 Å². The fourth-order valence-electron chi connectivity index (χ4n) is 3.46. The summed E-state index contributed by atoms with van der Waals surface area (Å²) in [6.45, 7) is 8.65. The first-order valence-corrected chi connectivity index (χ1v) is 10.1. The largest absolute Gasteiger partial charge is 0.508 e. The first-order chi connectivity index (χ1) is 13.9. The number of benzene rings is 1. The minimum atomic E-state index is -1.13. The first kappa shape index (κ1) is 22.5. The maximum Gasteiger partial charge on any atom is 0.240 e. The molecular formula is C22H22Cl2FNO4. The van der Waals surface area contributed by atoms with Crippen LogP contribution in [0.3, 0.4) is 0 Å². The predicted molar refractivity (Wildman–Crippen MR) is 114 cm³/mol. The van der Waals surface area contributed by atoms with Gasteiger partial charge in [-0.15, -0.1) is 0 Å². The van der Waals surface area contributed by atoms with Gasteiger partial charge in [0.25, 0.3) is 0 Å². The number of aryl methyl sites for hydroxylation is 1. The molecule has 160 valence electrons. The molecule has 1 aromatic heterocycles. The molecule has 8 heteroatoms. The molecule has 0 saturated heterocycles. The van der Waals surface area contributed by atoms with Crippen molar-refractivity contribution in [1.29, 1.82) is 0 Å². The SMILES string of the molecule is CCc1ccc(Oc2nc(F)c(Cl)cc2Cl)cc1C1=C(O)C(C)(C)OC(C)(C)C1=O. The molecule has 0 radical (unpaired) electrons. The Morgan fingerprint density at radius 2 is 1.80 bits per heavy atom. The van der Waals surface area contributed by atoms with Crippen LogP contribution in [0.2, 0.25) is 10.0 Å². The average Bonchev–Trinajstić information content (AvgIpc) is 2.64. The van der Waals surface area contributed by atoms with Crippen LogP contribution in [0.4, 0.5) is 4.39 Å². The molecule has 0 spiro atoms. The van der Waals surface area contributed by atoms with Crippen molar-refractivity contribution in [1.82, 2.24) is 4.98 Å². The number of ketones is 1. The number of carbonyl (C=O) groups is 1. The molecule has 0 atom stereocenters. The van der Waals surface area contributed by atoms with Crippen molar-refractivity contribution in [2.75, 3.05) is 0 Å². The van der Waals surface area contributed by atoms with Gasteiger partial charge >= 0.3 is 0 Å². The summed E-state index contributed by atoms with van der Waals surface area (Å²) in [5, 5.41) is 10.7. The summed E-state index contributed by atoms with van der Waals surface area (Å²) in [5.41, 5.74) is -0.685. The molecule has 0 unspecified atom stereocenters. The van der Waals surface area contributed by atoms with E-state index in [0.29, 0.717) is 12.0 Å². The zero-order valence-electron chi connectivity index (χ0n) is 17.3. The van der Waals surface area contributed by atoms with Gasteiger partial charge < -0.3 is 14.6 Å². The van der Waals surface area contributed by atoms with Gasteiger partial charge in [0.1, 0.15) is 27.7 Å². The Balaban J connectivity index is 2.14. The third kappa shape index (κ3) is 4.04. The van der Waals surface area contributed by atoms with Crippen molar-refractivity contribution in [3.8, 4) is 11.6 Å². The van der Waals surface area contributed by atoms with Crippen molar-refractivity contribution in [3.05, 3.63) is 57.1 Å². The quantitative estimate of drug-likeness (QED) is 0.549. The Labute approximate surface area is 184 Å². The van der Waals surface area contributed by atoms with E-state index in [-0.39, 0.29) is 38.8 Å². The topological polar surface area (TPSA) is 68.7 Å². The van der Waals surface area contributed by atoms with Crippen molar-refractivity contribution >= 4 is 34.6 Å². The highest BCUT2D eigenvalue weighted by Gasteiger charge is 2.47. The van der Waals surface area contributed by atoms with E-state index in [1.54, 1.807) is 45.9 Å². The van der Waals surface area contributed by atoms with E-state index in [1.807, 2.05) is 6.92 Å². The number of rotatable bonds is 4. The first-order valence-electron chi connectivity index (χ1n) is 9.38. The van der Waals surface area contributed by atoms with Crippen molar-refractivity contribution in [2.24, 2.45) is 0 Å². The summed E-state index contributed by atoms with van der Waals surface area (Å²) >= 11 is 11.7. The van der Waals surface area contributed by atoms with E-state index >= 15 is 0 Å². The number of hydrogen-bond donors (Lipinski definition) is 1. The minimum Gasteiger partial charge on any atom is -0.508 e. The third-order valence-electron chi connectivity index (χ3n) is 4.89. The summed E-state index contributed by atoms with van der Waals surface area (Å²) in [7, 11) is 0. The number of hydrogen-bond acceptors (Lipinski definition) is 5. The summed E-state index contributed by atoms with van der Waals surface area (Å²) < 4.78 is 25.2. The highest BCUT2D eigenvalue weighted by Crippen LogP contribution is 2.42. The van der Waals surface area contributed by atoms with Crippen LogP contribution in [-0.2, 0) is 16.0 Å². The molecule has 1 N–H and O–H groups in total. The van der Waals surface area contributed by atoms with Crippen LogP contribution < -0.4 is 4.74 Å². The Morgan fingerprint density at radius 1 is 1.13 bits per heavy atom. The lowest BCUT2D eigenvalue weighted by molar-refractivity contribution is -0.158. The molecule has 30 heavy (non-hydrogen) atoms. The normalized spacial score (nSPS) is 17.9. The number of Topliss-reactive ketones (excluding diaryl/α,β-unsaturated/α-hetero) is 1. The van der Waals surface area contributed by atoms with Gasteiger partial charge in [-0.1, -0.05) is 36.2 Å². The Hall–Kier alpha value is -2.15. The molecule has 3 rings (SSSR count). The second kappa shape index (κ2) is 7.84. The van der Waals surface area contributed by atoms with Crippen molar-refractivity contribution < 1.29 is 23.8 Å². The Morgan fingerprint density at radius 3 is 2.43 bits per heavy atom. The molecule has 2 aromatic rings. The number of pyridine rings is 1. The summed E-state index contributed by atoms with van der Waals surface area (Å²) in [4.78, 5) is 16.8. The minimum absolute atomic E-state index is 0.0361. The number of aliphatic hydroxyl groups excluding tert-OH is 1. The molecule has 1 aliphatic heterocycles. The molecule has 0 bridgehead atoms. The van der Waals surface area contributed by atoms with Gasteiger partial charge in [-0.05, 0) is 63.4 Å². The van der Waals surface area contributed by atoms with Crippen LogP contribution in [0.15, 0.2) is 30.0 Å². The second-order valence-corrected chi connectivity index (χ2v) is 8.81. The molecule has 0 saturated carbocycles. The lowest BCUT2D eigenvalue weighted by atomic mass is 9.81. The molecular weight excluding hydrogens is 432 g/mol. The van der Waals surface area contributed by atoms with E-state index in [1.165, 1.54) is 6.07 Å². The van der Waals surface area contributed by atoms with Gasteiger partial charge in [0.15, 0.2) is 5.78 Å². The van der Waals surface area contributed by atoms with Crippen LogP contribution in [0, 0.1) is 5.95 Å². The molecule has 1 aromatic carbocycles. The van der Waals surface area contributed by atoms with Crippen LogP contribution in [0.1, 0.15) is 45.7 Å². The summed E-state index contributed by atoms with van der Waals surface area (Å²) in [6, 6.07) is 6.23. The monoisotopic (exact) mass is 453 g/mol. The number of aliphatic hydroxyl groups is 1. The fraction of sp³-hybridized carbons (Fsp3) is 0.364. The van der Waals surface area contributed by atoms with Crippen LogP contribution in [-0.4, -0.2) is 27.1 Å². The van der Waals surface area contributed by atoms with E-state index in [9.17, 15) is 14.3 Å². The van der Waals surface area contributed by atoms with E-state index in [2.05, 4.69) is 4.98 Å². The maximum absolute atomic E-state index is 13.7.